The van der Waals surface area contributed by atoms with Crippen molar-refractivity contribution in [3.8, 4) is 0 Å². The average molecular weight is 454 g/mol. The van der Waals surface area contributed by atoms with E-state index < -0.39 is 22.2 Å². The number of ether oxygens (including phenoxy) is 2. The van der Waals surface area contributed by atoms with Crippen molar-refractivity contribution in [2.75, 3.05) is 19.4 Å². The first-order chi connectivity index (χ1) is 13.9. The molecule has 30 heavy (non-hydrogen) atoms. The quantitative estimate of drug-likeness (QED) is 0.726. The van der Waals surface area contributed by atoms with Crippen LogP contribution in [0.4, 0.5) is 13.2 Å². The van der Waals surface area contributed by atoms with E-state index in [2.05, 4.69) is 4.98 Å². The smallest absolute Gasteiger partial charge is 0.475 e. The van der Waals surface area contributed by atoms with E-state index in [0.29, 0.717) is 19.8 Å². The van der Waals surface area contributed by atoms with Crippen LogP contribution in [0.2, 0.25) is 0 Å². The van der Waals surface area contributed by atoms with Gasteiger partial charge in [0.2, 0.25) is 10.0 Å². The van der Waals surface area contributed by atoms with Crippen molar-refractivity contribution < 1.29 is 41.0 Å². The van der Waals surface area contributed by atoms with Gasteiger partial charge in [-0.1, -0.05) is 6.07 Å². The molecule has 8 nitrogen and oxygen atoms in total. The van der Waals surface area contributed by atoms with Gasteiger partial charge in [-0.15, -0.1) is 0 Å². The molecule has 2 aliphatic rings. The summed E-state index contributed by atoms with van der Waals surface area (Å²) in [7, 11) is -3.13. The van der Waals surface area contributed by atoms with E-state index in [1.165, 1.54) is 6.26 Å². The number of nitrogens with zero attached hydrogens (tertiary/aromatic N) is 2. The van der Waals surface area contributed by atoms with Gasteiger partial charge in [0, 0.05) is 12.2 Å². The van der Waals surface area contributed by atoms with Crippen LogP contribution in [0.5, 0.6) is 0 Å². The van der Waals surface area contributed by atoms with Crippen LogP contribution < -0.4 is 0 Å². The number of rotatable bonds is 5. The van der Waals surface area contributed by atoms with E-state index in [1.54, 1.807) is 4.31 Å². The van der Waals surface area contributed by atoms with Crippen molar-refractivity contribution in [2.24, 2.45) is 0 Å². The van der Waals surface area contributed by atoms with Gasteiger partial charge in [0.05, 0.1) is 43.4 Å². The lowest BCUT2D eigenvalue weighted by Gasteiger charge is -2.35. The number of aromatic nitrogens is 1. The molecule has 2 fully saturated rings. The van der Waals surface area contributed by atoms with Gasteiger partial charge in [-0.25, -0.2) is 13.2 Å². The lowest BCUT2D eigenvalue weighted by atomic mass is 10.0. The number of fused-ring (bicyclic) bond motifs is 1. The van der Waals surface area contributed by atoms with E-state index in [4.69, 9.17) is 19.4 Å². The second-order valence-corrected chi connectivity index (χ2v) is 9.13. The van der Waals surface area contributed by atoms with Crippen molar-refractivity contribution in [1.82, 2.24) is 9.29 Å². The third-order valence-corrected chi connectivity index (χ3v) is 6.06. The molecule has 3 atom stereocenters. The second-order valence-electron chi connectivity index (χ2n) is 7.19. The van der Waals surface area contributed by atoms with Gasteiger partial charge in [-0.3, -0.25) is 4.98 Å². The Kier molecular flexibility index (Phi) is 8.20. The van der Waals surface area contributed by atoms with E-state index in [-0.39, 0.29) is 18.2 Å². The number of hydrogen-bond donors (Lipinski definition) is 1. The van der Waals surface area contributed by atoms with Crippen LogP contribution in [0.25, 0.3) is 0 Å². The first kappa shape index (κ1) is 24.5. The van der Waals surface area contributed by atoms with E-state index in [9.17, 15) is 21.6 Å². The van der Waals surface area contributed by atoms with Crippen LogP contribution in [-0.2, 0) is 30.9 Å². The summed E-state index contributed by atoms with van der Waals surface area (Å²) in [5.74, 6) is -2.76. The molecule has 1 aromatic rings. The van der Waals surface area contributed by atoms with E-state index >= 15 is 0 Å². The molecule has 0 unspecified atom stereocenters. The van der Waals surface area contributed by atoms with Crippen LogP contribution in [0.15, 0.2) is 18.2 Å². The van der Waals surface area contributed by atoms with Gasteiger partial charge in [0.25, 0.3) is 0 Å². The minimum Gasteiger partial charge on any atom is -0.475 e. The zero-order valence-electron chi connectivity index (χ0n) is 16.6. The van der Waals surface area contributed by atoms with Crippen LogP contribution >= 0.6 is 0 Å². The van der Waals surface area contributed by atoms with Gasteiger partial charge in [0.1, 0.15) is 0 Å². The first-order valence-corrected chi connectivity index (χ1v) is 11.2. The monoisotopic (exact) mass is 454 g/mol. The Morgan fingerprint density at radius 3 is 2.57 bits per heavy atom. The summed E-state index contributed by atoms with van der Waals surface area (Å²) in [4.78, 5) is 13.3. The summed E-state index contributed by atoms with van der Waals surface area (Å²) in [5.41, 5.74) is 1.90. The summed E-state index contributed by atoms with van der Waals surface area (Å²) >= 11 is 0. The van der Waals surface area contributed by atoms with Crippen LogP contribution in [0.3, 0.4) is 0 Å². The number of carbonyl (C=O) groups is 1. The molecule has 1 aromatic heterocycles. The summed E-state index contributed by atoms with van der Waals surface area (Å²) in [6, 6.07) is 5.88. The zero-order valence-corrected chi connectivity index (χ0v) is 17.4. The van der Waals surface area contributed by atoms with Crippen LogP contribution in [-0.4, -0.2) is 72.6 Å². The normalized spacial score (nSPS) is 24.6. The number of pyridine rings is 1. The lowest BCUT2D eigenvalue weighted by Crippen LogP contribution is -2.45. The number of aliphatic carboxylic acids is 1. The van der Waals surface area contributed by atoms with Crippen molar-refractivity contribution in [2.45, 2.75) is 57.2 Å². The maximum Gasteiger partial charge on any atom is 0.490 e. The first-order valence-electron chi connectivity index (χ1n) is 9.30. The molecule has 1 N–H and O–H groups in total. The fourth-order valence-electron chi connectivity index (χ4n) is 3.47. The van der Waals surface area contributed by atoms with Crippen molar-refractivity contribution in [3.63, 3.8) is 0 Å². The molecule has 0 saturated carbocycles. The maximum absolute atomic E-state index is 11.8. The molecule has 170 valence electrons. The lowest BCUT2D eigenvalue weighted by molar-refractivity contribution is -0.192. The Balaban J connectivity index is 0.000000396. The fourth-order valence-corrected chi connectivity index (χ4v) is 4.64. The Bertz CT molecular complexity index is 833. The highest BCUT2D eigenvalue weighted by molar-refractivity contribution is 7.88. The molecule has 0 aliphatic carbocycles. The molecule has 2 aliphatic heterocycles. The second kappa shape index (κ2) is 10.0. The highest BCUT2D eigenvalue weighted by Gasteiger charge is 2.43. The molecule has 3 rings (SSSR count). The van der Waals surface area contributed by atoms with Crippen molar-refractivity contribution in [3.05, 3.63) is 29.6 Å². The predicted molar refractivity (Wildman–Crippen MR) is 100 cm³/mol. The van der Waals surface area contributed by atoms with E-state index in [0.717, 1.165) is 30.7 Å². The summed E-state index contributed by atoms with van der Waals surface area (Å²) < 4.78 is 68.6. The summed E-state index contributed by atoms with van der Waals surface area (Å²) in [6.45, 7) is 3.53. The largest absolute Gasteiger partial charge is 0.490 e. The van der Waals surface area contributed by atoms with Gasteiger partial charge < -0.3 is 14.6 Å². The number of aryl methyl sites for hydroxylation is 1. The number of carboxylic acids is 1. The minimum absolute atomic E-state index is 0.000287. The molecule has 0 aromatic carbocycles. The Labute approximate surface area is 173 Å². The third kappa shape index (κ3) is 7.18. The standard InChI is InChI=1S/C16H24N2O4S.C2HF3O2/c1-12-4-3-5-13(17-12)10-21-11-14-6-7-15-16(22-14)8-9-18(15)23(2,19)20;3-2(4,5)1(6)7/h3-5,14-16H,6-11H2,1-2H3;(H,6,7)/t14-,15+,16+;/m1./s1. The summed E-state index contributed by atoms with van der Waals surface area (Å²) in [6.07, 6.45) is -1.32. The van der Waals surface area contributed by atoms with Gasteiger partial charge in [-0.2, -0.15) is 17.5 Å². The molecule has 0 bridgehead atoms. The van der Waals surface area contributed by atoms with Gasteiger partial charge in [-0.05, 0) is 38.3 Å². The molecule has 0 amide bonds. The van der Waals surface area contributed by atoms with Crippen molar-refractivity contribution in [1.29, 1.82) is 0 Å². The zero-order chi connectivity index (χ0) is 22.5. The molecular formula is C18H25F3N2O6S. The highest BCUT2D eigenvalue weighted by Crippen LogP contribution is 2.33. The topological polar surface area (TPSA) is 106 Å². The molecule has 0 radical (unpaired) electrons. The molecule has 3 heterocycles. The van der Waals surface area contributed by atoms with Crippen LogP contribution in [0, 0.1) is 6.92 Å². The minimum atomic E-state index is -5.08. The van der Waals surface area contributed by atoms with E-state index in [1.807, 2.05) is 25.1 Å². The number of carboxylic acid groups (broad SMARTS) is 1. The SMILES string of the molecule is Cc1cccc(COC[C@H]2CC[C@H]3[C@H](CCN3S(C)(=O)=O)O2)n1.O=C(O)C(F)(F)F. The number of sulfonamides is 1. The van der Waals surface area contributed by atoms with Gasteiger partial charge >= 0.3 is 12.1 Å². The molecule has 2 saturated heterocycles. The fraction of sp³-hybridized carbons (Fsp3) is 0.667. The Morgan fingerprint density at radius 2 is 2.00 bits per heavy atom. The number of alkyl halides is 3. The highest BCUT2D eigenvalue weighted by atomic mass is 32.2. The Hall–Kier alpha value is -1.76. The maximum atomic E-state index is 11.8. The number of halogens is 3. The average Bonchev–Trinajstić information content (AvgIpc) is 3.05. The Morgan fingerprint density at radius 1 is 1.33 bits per heavy atom. The molecule has 0 spiro atoms. The number of hydrogen-bond acceptors (Lipinski definition) is 6. The predicted octanol–water partition coefficient (Wildman–Crippen LogP) is 2.12. The third-order valence-electron chi connectivity index (χ3n) is 4.75. The van der Waals surface area contributed by atoms with Crippen molar-refractivity contribution >= 4 is 16.0 Å². The summed E-state index contributed by atoms with van der Waals surface area (Å²) in [5, 5.41) is 7.12. The molecular weight excluding hydrogens is 429 g/mol. The van der Waals surface area contributed by atoms with Crippen LogP contribution in [0.1, 0.15) is 30.7 Å². The van der Waals surface area contributed by atoms with Gasteiger partial charge in [0.15, 0.2) is 0 Å². The molecule has 12 heteroatoms.